The summed E-state index contributed by atoms with van der Waals surface area (Å²) in [5.41, 5.74) is 0.729. The zero-order chi connectivity index (χ0) is 17.6. The van der Waals surface area contributed by atoms with Crippen molar-refractivity contribution < 1.29 is 9.18 Å². The van der Waals surface area contributed by atoms with E-state index in [1.54, 1.807) is 16.6 Å². The SMILES string of the molecule is Cc1nnc2sc(CCC(=O)NCCCCc3ccccc3F)nn12. The van der Waals surface area contributed by atoms with Crippen LogP contribution in [0.5, 0.6) is 0 Å². The van der Waals surface area contributed by atoms with E-state index in [0.717, 1.165) is 34.2 Å². The molecule has 0 radical (unpaired) electrons. The highest BCUT2D eigenvalue weighted by Crippen LogP contribution is 2.15. The number of halogens is 1. The maximum absolute atomic E-state index is 13.5. The number of carbonyl (C=O) groups is 1. The summed E-state index contributed by atoms with van der Waals surface area (Å²) < 4.78 is 15.2. The largest absolute Gasteiger partial charge is 0.356 e. The third kappa shape index (κ3) is 4.60. The van der Waals surface area contributed by atoms with Gasteiger partial charge in [-0.25, -0.2) is 4.39 Å². The summed E-state index contributed by atoms with van der Waals surface area (Å²) in [4.78, 5) is 12.6. The maximum Gasteiger partial charge on any atom is 0.234 e. The van der Waals surface area contributed by atoms with E-state index in [-0.39, 0.29) is 11.7 Å². The predicted molar refractivity (Wildman–Crippen MR) is 94.1 cm³/mol. The van der Waals surface area contributed by atoms with Crippen LogP contribution >= 0.6 is 11.3 Å². The van der Waals surface area contributed by atoms with E-state index < -0.39 is 0 Å². The molecule has 2 heterocycles. The molecule has 0 unspecified atom stereocenters. The van der Waals surface area contributed by atoms with Crippen molar-refractivity contribution in [2.45, 2.75) is 39.0 Å². The second-order valence-electron chi connectivity index (χ2n) is 5.84. The number of rotatable bonds is 8. The fourth-order valence-corrected chi connectivity index (χ4v) is 3.41. The van der Waals surface area contributed by atoms with Crippen LogP contribution in [-0.4, -0.2) is 32.3 Å². The molecule has 3 aromatic rings. The first-order chi connectivity index (χ1) is 12.1. The molecule has 0 saturated carbocycles. The van der Waals surface area contributed by atoms with Gasteiger partial charge in [0, 0.05) is 19.4 Å². The van der Waals surface area contributed by atoms with Crippen LogP contribution in [0.4, 0.5) is 4.39 Å². The van der Waals surface area contributed by atoms with E-state index >= 15 is 0 Å². The first-order valence-corrected chi connectivity index (χ1v) is 9.13. The molecular formula is C17H20FN5OS. The molecule has 0 aliphatic carbocycles. The maximum atomic E-state index is 13.5. The molecule has 0 aliphatic heterocycles. The van der Waals surface area contributed by atoms with Crippen LogP contribution in [0.2, 0.25) is 0 Å². The van der Waals surface area contributed by atoms with Gasteiger partial charge in [-0.3, -0.25) is 4.79 Å². The van der Waals surface area contributed by atoms with Gasteiger partial charge in [0.25, 0.3) is 0 Å². The Morgan fingerprint density at radius 3 is 2.88 bits per heavy atom. The minimum absolute atomic E-state index is 0.00794. The number of aromatic nitrogens is 4. The van der Waals surface area contributed by atoms with Gasteiger partial charge in [-0.1, -0.05) is 29.5 Å². The molecule has 8 heteroatoms. The lowest BCUT2D eigenvalue weighted by molar-refractivity contribution is -0.121. The molecule has 25 heavy (non-hydrogen) atoms. The highest BCUT2D eigenvalue weighted by Gasteiger charge is 2.10. The molecule has 0 aliphatic rings. The second kappa shape index (κ2) is 8.15. The van der Waals surface area contributed by atoms with E-state index in [1.165, 1.54) is 17.4 Å². The molecule has 1 aromatic carbocycles. The number of fused-ring (bicyclic) bond motifs is 1. The fourth-order valence-electron chi connectivity index (χ4n) is 2.53. The van der Waals surface area contributed by atoms with Gasteiger partial charge in [0.05, 0.1) is 0 Å². The average Bonchev–Trinajstić information content (AvgIpc) is 3.16. The van der Waals surface area contributed by atoms with Gasteiger partial charge < -0.3 is 5.32 Å². The van der Waals surface area contributed by atoms with Gasteiger partial charge in [0.1, 0.15) is 10.8 Å². The average molecular weight is 361 g/mol. The van der Waals surface area contributed by atoms with Crippen molar-refractivity contribution >= 4 is 22.2 Å². The number of benzene rings is 1. The summed E-state index contributed by atoms with van der Waals surface area (Å²) in [6.45, 7) is 2.45. The Morgan fingerprint density at radius 2 is 2.08 bits per heavy atom. The minimum atomic E-state index is -0.160. The monoisotopic (exact) mass is 361 g/mol. The molecule has 132 valence electrons. The Hall–Kier alpha value is -2.35. The molecule has 1 amide bonds. The summed E-state index contributed by atoms with van der Waals surface area (Å²) in [5, 5.41) is 16.1. The van der Waals surface area contributed by atoms with Gasteiger partial charge in [-0.2, -0.15) is 9.61 Å². The summed E-state index contributed by atoms with van der Waals surface area (Å²) in [5.74, 6) is 0.595. The number of hydrogen-bond donors (Lipinski definition) is 1. The van der Waals surface area contributed by atoms with Crippen LogP contribution in [0.3, 0.4) is 0 Å². The molecule has 0 bridgehead atoms. The van der Waals surface area contributed by atoms with Crippen LogP contribution < -0.4 is 5.32 Å². The van der Waals surface area contributed by atoms with Gasteiger partial charge in [0.2, 0.25) is 10.9 Å². The molecule has 0 fully saturated rings. The third-order valence-corrected chi connectivity index (χ3v) is 4.87. The highest BCUT2D eigenvalue weighted by molar-refractivity contribution is 7.16. The highest BCUT2D eigenvalue weighted by atomic mass is 32.1. The quantitative estimate of drug-likeness (QED) is 0.626. The topological polar surface area (TPSA) is 72.2 Å². The van der Waals surface area contributed by atoms with E-state index in [0.29, 0.717) is 25.8 Å². The summed E-state index contributed by atoms with van der Waals surface area (Å²) >= 11 is 1.45. The molecule has 1 N–H and O–H groups in total. The van der Waals surface area contributed by atoms with Crippen molar-refractivity contribution in [1.29, 1.82) is 0 Å². The number of nitrogens with zero attached hydrogens (tertiary/aromatic N) is 4. The number of nitrogens with one attached hydrogen (secondary N) is 1. The molecule has 0 spiro atoms. The molecule has 0 atom stereocenters. The van der Waals surface area contributed by atoms with E-state index in [9.17, 15) is 9.18 Å². The number of amides is 1. The normalized spacial score (nSPS) is 11.1. The molecule has 6 nitrogen and oxygen atoms in total. The number of unbranched alkanes of at least 4 members (excludes halogenated alkanes) is 1. The van der Waals surface area contributed by atoms with Crippen molar-refractivity contribution in [3.8, 4) is 0 Å². The standard InChI is InChI=1S/C17H20FN5OS/c1-12-20-21-17-23(12)22-16(25-17)10-9-15(24)19-11-5-4-7-13-6-2-3-8-14(13)18/h2-3,6,8H,4-5,7,9-11H2,1H3,(H,19,24). The first-order valence-electron chi connectivity index (χ1n) is 8.31. The lowest BCUT2D eigenvalue weighted by Crippen LogP contribution is -2.24. The Labute approximate surface area is 149 Å². The van der Waals surface area contributed by atoms with E-state index in [1.807, 2.05) is 13.0 Å². The van der Waals surface area contributed by atoms with Crippen LogP contribution in [0.15, 0.2) is 24.3 Å². The van der Waals surface area contributed by atoms with Crippen LogP contribution in [-0.2, 0) is 17.6 Å². The third-order valence-electron chi connectivity index (χ3n) is 3.91. The summed E-state index contributed by atoms with van der Waals surface area (Å²) in [6, 6.07) is 6.81. The molecule has 2 aromatic heterocycles. The van der Waals surface area contributed by atoms with E-state index in [2.05, 4.69) is 20.6 Å². The van der Waals surface area contributed by atoms with Crippen molar-refractivity contribution in [3.05, 3.63) is 46.5 Å². The van der Waals surface area contributed by atoms with Crippen LogP contribution in [0.1, 0.15) is 35.7 Å². The van der Waals surface area contributed by atoms with E-state index in [4.69, 9.17) is 0 Å². The molecule has 0 saturated heterocycles. The number of hydrogen-bond acceptors (Lipinski definition) is 5. The van der Waals surface area contributed by atoms with Gasteiger partial charge >= 0.3 is 0 Å². The van der Waals surface area contributed by atoms with Crippen molar-refractivity contribution in [2.24, 2.45) is 0 Å². The zero-order valence-corrected chi connectivity index (χ0v) is 14.9. The van der Waals surface area contributed by atoms with Gasteiger partial charge in [0.15, 0.2) is 5.82 Å². The summed E-state index contributed by atoms with van der Waals surface area (Å²) in [7, 11) is 0. The van der Waals surface area contributed by atoms with Crippen LogP contribution in [0.25, 0.3) is 4.96 Å². The Bertz CT molecular complexity index is 860. The smallest absolute Gasteiger partial charge is 0.234 e. The Kier molecular flexibility index (Phi) is 5.70. The predicted octanol–water partition coefficient (Wildman–Crippen LogP) is 2.71. The first kappa shape index (κ1) is 17.5. The molecular weight excluding hydrogens is 341 g/mol. The minimum Gasteiger partial charge on any atom is -0.356 e. The van der Waals surface area contributed by atoms with Gasteiger partial charge in [-0.15, -0.1) is 10.2 Å². The second-order valence-corrected chi connectivity index (χ2v) is 6.88. The van der Waals surface area contributed by atoms with Gasteiger partial charge in [-0.05, 0) is 37.8 Å². The number of carbonyl (C=O) groups excluding carboxylic acids is 1. The fraction of sp³-hybridized carbons (Fsp3) is 0.412. The Balaban J connectivity index is 1.33. The lowest BCUT2D eigenvalue weighted by Gasteiger charge is -2.05. The van der Waals surface area contributed by atoms with Crippen molar-refractivity contribution in [1.82, 2.24) is 25.1 Å². The lowest BCUT2D eigenvalue weighted by atomic mass is 10.1. The molecule has 3 rings (SSSR count). The van der Waals surface area contributed by atoms with Crippen LogP contribution in [0, 0.1) is 12.7 Å². The zero-order valence-electron chi connectivity index (χ0n) is 14.0. The van der Waals surface area contributed by atoms with Crippen molar-refractivity contribution in [3.63, 3.8) is 0 Å². The number of aryl methyl sites for hydroxylation is 3. The Morgan fingerprint density at radius 1 is 1.24 bits per heavy atom. The summed E-state index contributed by atoms with van der Waals surface area (Å²) in [6.07, 6.45) is 3.35. The van der Waals surface area contributed by atoms with Crippen molar-refractivity contribution in [2.75, 3.05) is 6.54 Å².